The normalized spacial score (nSPS) is 13.4. The first kappa shape index (κ1) is 23.5. The lowest BCUT2D eigenvalue weighted by Gasteiger charge is -2.10. The van der Waals surface area contributed by atoms with Crippen molar-refractivity contribution < 1.29 is 10.2 Å². The monoisotopic (exact) mass is 340 g/mol. The predicted molar refractivity (Wildman–Crippen MR) is 107 cm³/mol. The summed E-state index contributed by atoms with van der Waals surface area (Å²) < 4.78 is 0. The molecule has 0 radical (unpaired) electrons. The summed E-state index contributed by atoms with van der Waals surface area (Å²) in [5.74, 6) is 0.197. The molecule has 0 aliphatic rings. The molecule has 1 unspecified atom stereocenters. The van der Waals surface area contributed by atoms with Crippen molar-refractivity contribution in [3.63, 3.8) is 0 Å². The topological polar surface area (TPSA) is 40.5 Å². The molecule has 0 aromatic carbocycles. The summed E-state index contributed by atoms with van der Waals surface area (Å²) in [4.78, 5) is 0. The summed E-state index contributed by atoms with van der Waals surface area (Å²) in [5.41, 5.74) is 0. The summed E-state index contributed by atoms with van der Waals surface area (Å²) in [7, 11) is 0. The molecule has 0 fully saturated rings. The Labute approximate surface area is 151 Å². The highest BCUT2D eigenvalue weighted by Crippen LogP contribution is 2.14. The second-order valence-corrected chi connectivity index (χ2v) is 7.32. The first-order valence-corrected chi connectivity index (χ1v) is 10.8. The van der Waals surface area contributed by atoms with Crippen molar-refractivity contribution in [1.29, 1.82) is 0 Å². The average Bonchev–Trinajstić information content (AvgIpc) is 2.59. The highest BCUT2D eigenvalue weighted by atomic mass is 16.3. The van der Waals surface area contributed by atoms with Crippen LogP contribution in [0.3, 0.4) is 0 Å². The van der Waals surface area contributed by atoms with Crippen molar-refractivity contribution >= 4 is 0 Å². The molecule has 0 aliphatic heterocycles. The average molecular weight is 341 g/mol. The van der Waals surface area contributed by atoms with E-state index in [1.54, 1.807) is 0 Å². The molecule has 1 atom stereocenters. The minimum atomic E-state index is -0.644. The maximum Gasteiger partial charge on any atom is 0.117 e. The van der Waals surface area contributed by atoms with E-state index in [0.29, 0.717) is 6.42 Å². The fourth-order valence-corrected chi connectivity index (χ4v) is 3.11. The Morgan fingerprint density at radius 1 is 0.667 bits per heavy atom. The first-order valence-electron chi connectivity index (χ1n) is 10.8. The Morgan fingerprint density at radius 2 is 1.08 bits per heavy atom. The summed E-state index contributed by atoms with van der Waals surface area (Å²) in [6.07, 6.45) is 22.0. The van der Waals surface area contributed by atoms with E-state index in [9.17, 15) is 10.2 Å². The Kier molecular flexibility index (Phi) is 18.4. The molecule has 2 N–H and O–H groups in total. The van der Waals surface area contributed by atoms with Crippen molar-refractivity contribution in [3.8, 4) is 0 Å². The molecule has 0 aliphatic carbocycles. The molecule has 24 heavy (non-hydrogen) atoms. The van der Waals surface area contributed by atoms with Crippen LogP contribution in [0.15, 0.2) is 11.8 Å². The van der Waals surface area contributed by atoms with E-state index in [1.807, 2.05) is 6.08 Å². The van der Waals surface area contributed by atoms with Crippen molar-refractivity contribution in [2.24, 2.45) is 0 Å². The van der Waals surface area contributed by atoms with Gasteiger partial charge >= 0.3 is 0 Å². The van der Waals surface area contributed by atoms with E-state index < -0.39 is 6.10 Å². The van der Waals surface area contributed by atoms with Gasteiger partial charge in [-0.25, -0.2) is 0 Å². The lowest BCUT2D eigenvalue weighted by molar-refractivity contribution is 0.140. The van der Waals surface area contributed by atoms with Crippen LogP contribution in [-0.2, 0) is 0 Å². The number of rotatable bonds is 18. The standard InChI is InChI=1S/C22H44O2/c1-3-5-7-9-11-12-14-16-18-20-22(24)21(23)19-17-15-13-10-8-6-4-2/h19,22-24H,3-18,20H2,1-2H3. The Bertz CT molecular complexity index is 273. The van der Waals surface area contributed by atoms with E-state index in [4.69, 9.17) is 0 Å². The molecule has 0 aromatic heterocycles. The van der Waals surface area contributed by atoms with Crippen molar-refractivity contribution in [1.82, 2.24) is 0 Å². The number of allylic oxidation sites excluding steroid dienone is 1. The molecule has 144 valence electrons. The molecule has 2 heteroatoms. The third-order valence-corrected chi connectivity index (χ3v) is 4.83. The molecule has 0 bridgehead atoms. The Hall–Kier alpha value is -0.500. The van der Waals surface area contributed by atoms with E-state index >= 15 is 0 Å². The minimum absolute atomic E-state index is 0.197. The summed E-state index contributed by atoms with van der Waals surface area (Å²) in [6, 6.07) is 0. The van der Waals surface area contributed by atoms with Crippen molar-refractivity contribution in [3.05, 3.63) is 11.8 Å². The maximum atomic E-state index is 9.97. The molecule has 0 saturated heterocycles. The van der Waals surface area contributed by atoms with Crippen molar-refractivity contribution in [2.45, 2.75) is 129 Å². The van der Waals surface area contributed by atoms with Crippen LogP contribution in [0, 0.1) is 0 Å². The van der Waals surface area contributed by atoms with Gasteiger partial charge in [-0.3, -0.25) is 0 Å². The summed E-state index contributed by atoms with van der Waals surface area (Å²) in [5, 5.41) is 19.9. The van der Waals surface area contributed by atoms with E-state index in [2.05, 4.69) is 13.8 Å². The molecular weight excluding hydrogens is 296 g/mol. The smallest absolute Gasteiger partial charge is 0.117 e. The van der Waals surface area contributed by atoms with Gasteiger partial charge in [0.1, 0.15) is 11.9 Å². The number of aliphatic hydroxyl groups excluding tert-OH is 2. The predicted octanol–water partition coefficient (Wildman–Crippen LogP) is 7.46. The van der Waals surface area contributed by atoms with Gasteiger partial charge in [-0.2, -0.15) is 0 Å². The number of unbranched alkanes of at least 4 members (excludes halogenated alkanes) is 14. The van der Waals surface area contributed by atoms with E-state index in [0.717, 1.165) is 19.3 Å². The molecule has 0 heterocycles. The molecule has 2 nitrogen and oxygen atoms in total. The minimum Gasteiger partial charge on any atom is -0.510 e. The number of hydrogen-bond donors (Lipinski definition) is 2. The zero-order valence-electron chi connectivity index (χ0n) is 16.6. The van der Waals surface area contributed by atoms with Crippen LogP contribution in [0.1, 0.15) is 123 Å². The Balaban J connectivity index is 3.44. The number of hydrogen-bond acceptors (Lipinski definition) is 2. The maximum absolute atomic E-state index is 9.97. The molecule has 0 aromatic rings. The second-order valence-electron chi connectivity index (χ2n) is 7.32. The van der Waals surface area contributed by atoms with Gasteiger partial charge in [-0.1, -0.05) is 104 Å². The van der Waals surface area contributed by atoms with Crippen LogP contribution in [0.25, 0.3) is 0 Å². The molecule has 0 rings (SSSR count). The largest absolute Gasteiger partial charge is 0.510 e. The summed E-state index contributed by atoms with van der Waals surface area (Å²) >= 11 is 0. The van der Waals surface area contributed by atoms with Crippen LogP contribution in [0.2, 0.25) is 0 Å². The summed E-state index contributed by atoms with van der Waals surface area (Å²) in [6.45, 7) is 4.48. The zero-order valence-corrected chi connectivity index (χ0v) is 16.6. The van der Waals surface area contributed by atoms with Gasteiger partial charge in [0.2, 0.25) is 0 Å². The molecule has 0 saturated carbocycles. The van der Waals surface area contributed by atoms with Crippen LogP contribution in [0.5, 0.6) is 0 Å². The first-order chi connectivity index (χ1) is 11.7. The second kappa shape index (κ2) is 18.8. The molecular formula is C22H44O2. The lowest BCUT2D eigenvalue weighted by Crippen LogP contribution is -2.09. The SMILES string of the molecule is CCCCCCCCC=C(O)C(O)CCCCCCCCCCC. The van der Waals surface area contributed by atoms with Crippen LogP contribution in [0.4, 0.5) is 0 Å². The van der Waals surface area contributed by atoms with Crippen molar-refractivity contribution in [2.75, 3.05) is 0 Å². The number of aliphatic hydroxyl groups is 2. The fraction of sp³-hybridized carbons (Fsp3) is 0.909. The Morgan fingerprint density at radius 3 is 1.58 bits per heavy atom. The van der Waals surface area contributed by atoms with Crippen LogP contribution in [-0.4, -0.2) is 16.3 Å². The lowest BCUT2D eigenvalue weighted by atomic mass is 10.0. The van der Waals surface area contributed by atoms with Gasteiger partial charge in [0.05, 0.1) is 0 Å². The van der Waals surface area contributed by atoms with E-state index in [-0.39, 0.29) is 5.76 Å². The van der Waals surface area contributed by atoms with Gasteiger partial charge in [0, 0.05) is 0 Å². The molecule has 0 spiro atoms. The van der Waals surface area contributed by atoms with Crippen LogP contribution >= 0.6 is 0 Å². The zero-order chi connectivity index (χ0) is 17.9. The van der Waals surface area contributed by atoms with Crippen LogP contribution < -0.4 is 0 Å². The third kappa shape index (κ3) is 16.4. The quantitative estimate of drug-likeness (QED) is 0.201. The highest BCUT2D eigenvalue weighted by molar-refractivity contribution is 4.97. The molecule has 0 amide bonds. The third-order valence-electron chi connectivity index (χ3n) is 4.83. The van der Waals surface area contributed by atoms with Gasteiger partial charge in [-0.05, 0) is 25.3 Å². The van der Waals surface area contributed by atoms with Gasteiger partial charge in [0.25, 0.3) is 0 Å². The van der Waals surface area contributed by atoms with E-state index in [1.165, 1.54) is 83.5 Å². The van der Waals surface area contributed by atoms with Gasteiger partial charge in [-0.15, -0.1) is 0 Å². The highest BCUT2D eigenvalue weighted by Gasteiger charge is 2.08. The van der Waals surface area contributed by atoms with Gasteiger partial charge in [0.15, 0.2) is 0 Å². The fourth-order valence-electron chi connectivity index (χ4n) is 3.11. The van der Waals surface area contributed by atoms with Gasteiger partial charge < -0.3 is 10.2 Å².